The summed E-state index contributed by atoms with van der Waals surface area (Å²) in [6.45, 7) is 0.974. The van der Waals surface area contributed by atoms with Crippen LogP contribution in [0.3, 0.4) is 0 Å². The number of fused-ring (bicyclic) bond motifs is 6. The van der Waals surface area contributed by atoms with Gasteiger partial charge in [0.15, 0.2) is 0 Å². The van der Waals surface area contributed by atoms with Crippen molar-refractivity contribution < 1.29 is 4.74 Å². The first kappa shape index (κ1) is 26.2. The fourth-order valence-corrected chi connectivity index (χ4v) is 8.49. The molecule has 3 heteroatoms. The number of benzene rings is 2. The van der Waals surface area contributed by atoms with Gasteiger partial charge < -0.3 is 10.1 Å². The third-order valence-corrected chi connectivity index (χ3v) is 10.8. The Morgan fingerprint density at radius 2 is 1.84 bits per heavy atom. The molecule has 6 aliphatic rings. The summed E-state index contributed by atoms with van der Waals surface area (Å²) in [7, 11) is 0. The predicted molar refractivity (Wildman–Crippen MR) is 182 cm³/mol. The molecule has 4 aliphatic carbocycles. The minimum atomic E-state index is 0.264. The molecule has 5 atom stereocenters. The van der Waals surface area contributed by atoms with Crippen molar-refractivity contribution in [2.75, 3.05) is 6.54 Å². The standard InChI is InChI=1S/C41H40N2O/c1-3-10-27(11-4-1)29-18-21-33-34-22-19-30(32-15-9-16-36-35-14-7-8-17-39(35)44-41(32)36)25-38(34)43(37(33)24-29)40-23-20-31(26-42-40)28-12-5-2-6-13-28/h1,3-5,7,9-10,12-16,18-19,21-23,25,27,29,31,35,39,42H,2,6,8,11,17,20,24,26H2. The molecule has 5 unspecified atom stereocenters. The summed E-state index contributed by atoms with van der Waals surface area (Å²) in [4.78, 5) is 0. The van der Waals surface area contributed by atoms with Crippen molar-refractivity contribution in [2.45, 2.75) is 57.0 Å². The Hall–Kier alpha value is -4.24. The van der Waals surface area contributed by atoms with Crippen LogP contribution in [0.4, 0.5) is 0 Å². The Morgan fingerprint density at radius 1 is 0.841 bits per heavy atom. The Labute approximate surface area is 260 Å². The fourth-order valence-electron chi connectivity index (χ4n) is 8.49. The van der Waals surface area contributed by atoms with Crippen molar-refractivity contribution >= 4 is 22.8 Å². The number of aromatic nitrogens is 1. The van der Waals surface area contributed by atoms with Crippen LogP contribution in [-0.2, 0) is 6.42 Å². The van der Waals surface area contributed by atoms with Crippen LogP contribution in [0.15, 0.2) is 109 Å². The SMILES string of the molecule is C1=CCC(C2C=Cc3c(n(C4=CCC(C5=CCCC=C5)CN4)c4cc(-c5cccc6c5OC5CCC=CC65)ccc34)C2)C=C1. The van der Waals surface area contributed by atoms with Gasteiger partial charge in [0.2, 0.25) is 0 Å². The third kappa shape index (κ3) is 4.31. The van der Waals surface area contributed by atoms with Crippen LogP contribution in [0.2, 0.25) is 0 Å². The zero-order chi connectivity index (χ0) is 29.0. The normalized spacial score (nSPS) is 28.1. The predicted octanol–water partition coefficient (Wildman–Crippen LogP) is 9.50. The molecule has 0 fully saturated rings. The maximum absolute atomic E-state index is 6.67. The minimum absolute atomic E-state index is 0.264. The highest BCUT2D eigenvalue weighted by atomic mass is 16.5. The van der Waals surface area contributed by atoms with E-state index in [1.54, 1.807) is 0 Å². The third-order valence-electron chi connectivity index (χ3n) is 10.8. The van der Waals surface area contributed by atoms with E-state index in [2.05, 4.69) is 119 Å². The molecule has 0 radical (unpaired) electrons. The molecular formula is C41H40N2O. The van der Waals surface area contributed by atoms with Gasteiger partial charge in [-0.15, -0.1) is 0 Å². The van der Waals surface area contributed by atoms with Crippen molar-refractivity contribution in [1.82, 2.24) is 9.88 Å². The lowest BCUT2D eigenvalue weighted by Crippen LogP contribution is -2.30. The molecule has 9 rings (SSSR count). The molecule has 3 heterocycles. The smallest absolute Gasteiger partial charge is 0.131 e. The maximum Gasteiger partial charge on any atom is 0.131 e. The lowest BCUT2D eigenvalue weighted by atomic mass is 9.80. The topological polar surface area (TPSA) is 26.2 Å². The van der Waals surface area contributed by atoms with E-state index < -0.39 is 0 Å². The molecule has 220 valence electrons. The molecule has 0 amide bonds. The van der Waals surface area contributed by atoms with E-state index in [0.29, 0.717) is 23.7 Å². The van der Waals surface area contributed by atoms with E-state index in [9.17, 15) is 0 Å². The monoisotopic (exact) mass is 576 g/mol. The van der Waals surface area contributed by atoms with Crippen LogP contribution in [-0.4, -0.2) is 17.2 Å². The maximum atomic E-state index is 6.67. The summed E-state index contributed by atoms with van der Waals surface area (Å²) in [5.74, 6) is 4.29. The van der Waals surface area contributed by atoms with Gasteiger partial charge in [0.1, 0.15) is 17.7 Å². The number of ether oxygens (including phenoxy) is 1. The molecule has 0 bridgehead atoms. The van der Waals surface area contributed by atoms with Gasteiger partial charge in [0, 0.05) is 46.2 Å². The largest absolute Gasteiger partial charge is 0.488 e. The number of allylic oxidation sites excluding steroid dienone is 10. The van der Waals surface area contributed by atoms with E-state index >= 15 is 0 Å². The molecular weight excluding hydrogens is 536 g/mol. The van der Waals surface area contributed by atoms with E-state index in [-0.39, 0.29) is 6.10 Å². The molecule has 3 nitrogen and oxygen atoms in total. The Bertz CT molecular complexity index is 1860. The molecule has 1 aromatic heterocycles. The van der Waals surface area contributed by atoms with Crippen LogP contribution < -0.4 is 10.1 Å². The highest BCUT2D eigenvalue weighted by Gasteiger charge is 2.36. The van der Waals surface area contributed by atoms with E-state index in [4.69, 9.17) is 4.74 Å². The second-order valence-corrected chi connectivity index (χ2v) is 13.4. The minimum Gasteiger partial charge on any atom is -0.488 e. The first-order chi connectivity index (χ1) is 21.8. The average molecular weight is 577 g/mol. The summed E-state index contributed by atoms with van der Waals surface area (Å²) in [5, 5.41) is 5.25. The summed E-state index contributed by atoms with van der Waals surface area (Å²) in [6, 6.07) is 13.8. The molecule has 1 N–H and O–H groups in total. The van der Waals surface area contributed by atoms with Crippen molar-refractivity contribution in [3.05, 3.63) is 126 Å². The molecule has 2 aromatic carbocycles. The van der Waals surface area contributed by atoms with Crippen molar-refractivity contribution in [3.63, 3.8) is 0 Å². The number of nitrogens with one attached hydrogen (secondary N) is 1. The quantitative estimate of drug-likeness (QED) is 0.313. The van der Waals surface area contributed by atoms with E-state index in [1.807, 2.05) is 0 Å². The molecule has 0 spiro atoms. The number of hydrogen-bond donors (Lipinski definition) is 1. The van der Waals surface area contributed by atoms with Gasteiger partial charge in [-0.25, -0.2) is 0 Å². The van der Waals surface area contributed by atoms with Gasteiger partial charge in [-0.2, -0.15) is 0 Å². The van der Waals surface area contributed by atoms with Crippen LogP contribution in [0.1, 0.15) is 61.3 Å². The second kappa shape index (κ2) is 10.7. The molecule has 3 aromatic rings. The van der Waals surface area contributed by atoms with Gasteiger partial charge in [0.05, 0.1) is 5.52 Å². The molecule has 2 aliphatic heterocycles. The number of rotatable bonds is 4. The average Bonchev–Trinajstić information content (AvgIpc) is 3.64. The van der Waals surface area contributed by atoms with Gasteiger partial charge >= 0.3 is 0 Å². The first-order valence-electron chi connectivity index (χ1n) is 16.8. The lowest BCUT2D eigenvalue weighted by Gasteiger charge is -2.30. The van der Waals surface area contributed by atoms with Crippen LogP contribution in [0.25, 0.3) is 33.9 Å². The molecule has 0 saturated heterocycles. The van der Waals surface area contributed by atoms with Gasteiger partial charge in [-0.1, -0.05) is 97.2 Å². The fraction of sp³-hybridized carbons (Fsp3) is 0.317. The van der Waals surface area contributed by atoms with E-state index in [1.165, 1.54) is 63.1 Å². The van der Waals surface area contributed by atoms with Crippen LogP contribution in [0.5, 0.6) is 5.75 Å². The lowest BCUT2D eigenvalue weighted by molar-refractivity contribution is 0.205. The summed E-state index contributed by atoms with van der Waals surface area (Å²) < 4.78 is 9.24. The van der Waals surface area contributed by atoms with Gasteiger partial charge in [-0.3, -0.25) is 4.57 Å². The summed E-state index contributed by atoms with van der Waals surface area (Å²) in [5.41, 5.74) is 9.40. The Balaban J connectivity index is 1.15. The first-order valence-corrected chi connectivity index (χ1v) is 16.8. The van der Waals surface area contributed by atoms with E-state index in [0.717, 1.165) is 44.4 Å². The Morgan fingerprint density at radius 3 is 2.70 bits per heavy atom. The number of para-hydroxylation sites is 1. The van der Waals surface area contributed by atoms with Crippen LogP contribution >= 0.6 is 0 Å². The Kier molecular flexibility index (Phi) is 6.39. The van der Waals surface area contributed by atoms with Gasteiger partial charge in [0.25, 0.3) is 0 Å². The zero-order valence-electron chi connectivity index (χ0n) is 25.3. The number of hydrogen-bond acceptors (Lipinski definition) is 2. The second-order valence-electron chi connectivity index (χ2n) is 13.4. The molecule has 44 heavy (non-hydrogen) atoms. The zero-order valence-corrected chi connectivity index (χ0v) is 25.3. The van der Waals surface area contributed by atoms with Crippen molar-refractivity contribution in [2.24, 2.45) is 17.8 Å². The van der Waals surface area contributed by atoms with Crippen molar-refractivity contribution in [3.8, 4) is 16.9 Å². The highest BCUT2D eigenvalue weighted by molar-refractivity contribution is 5.97. The van der Waals surface area contributed by atoms with Crippen LogP contribution in [0, 0.1) is 17.8 Å². The van der Waals surface area contributed by atoms with Gasteiger partial charge in [-0.05, 0) is 80.1 Å². The highest BCUT2D eigenvalue weighted by Crippen LogP contribution is 2.48. The molecule has 0 saturated carbocycles. The summed E-state index contributed by atoms with van der Waals surface area (Å²) >= 11 is 0. The number of nitrogens with zero attached hydrogens (tertiary/aromatic N) is 1. The summed E-state index contributed by atoms with van der Waals surface area (Å²) in [6.07, 6.45) is 36.3. The van der Waals surface area contributed by atoms with Crippen molar-refractivity contribution in [1.29, 1.82) is 0 Å².